The minimum Gasteiger partial charge on any atom is -0.478 e. The van der Waals surface area contributed by atoms with Crippen molar-refractivity contribution >= 4 is 28.5 Å². The third-order valence-corrected chi connectivity index (χ3v) is 3.73. The summed E-state index contributed by atoms with van der Waals surface area (Å²) in [5.41, 5.74) is 0.362. The summed E-state index contributed by atoms with van der Waals surface area (Å²) >= 11 is 0. The average molecular weight is 320 g/mol. The Bertz CT molecular complexity index is 974. The number of rotatable bonds is 4. The number of fused-ring (bicyclic) bond motifs is 1. The Kier molecular flexibility index (Phi) is 3.83. The van der Waals surface area contributed by atoms with Crippen LogP contribution in [0.4, 0.5) is 0 Å². The zero-order chi connectivity index (χ0) is 17.3. The summed E-state index contributed by atoms with van der Waals surface area (Å²) in [4.78, 5) is 35.3. The molecule has 3 aromatic carbocycles. The van der Waals surface area contributed by atoms with Crippen LogP contribution >= 0.6 is 0 Å². The first kappa shape index (κ1) is 15.4. The van der Waals surface area contributed by atoms with E-state index in [4.69, 9.17) is 5.11 Å². The Labute approximate surface area is 136 Å². The first-order chi connectivity index (χ1) is 11.5. The van der Waals surface area contributed by atoms with Crippen LogP contribution in [0, 0.1) is 0 Å². The molecule has 0 radical (unpaired) electrons. The second kappa shape index (κ2) is 5.96. The molecule has 0 aromatic heterocycles. The third-order valence-electron chi connectivity index (χ3n) is 3.73. The van der Waals surface area contributed by atoms with Crippen LogP contribution < -0.4 is 0 Å². The van der Waals surface area contributed by atoms with Gasteiger partial charge in [0.2, 0.25) is 0 Å². The van der Waals surface area contributed by atoms with Gasteiger partial charge in [-0.3, -0.25) is 4.79 Å². The Hall–Kier alpha value is -3.47. The Balaban J connectivity index is 2.24. The fourth-order valence-electron chi connectivity index (χ4n) is 2.54. The highest BCUT2D eigenvalue weighted by molar-refractivity contribution is 6.16. The molecule has 3 rings (SSSR count). The Morgan fingerprint density at radius 1 is 0.625 bits per heavy atom. The van der Waals surface area contributed by atoms with E-state index in [1.165, 1.54) is 30.3 Å². The first-order valence-corrected chi connectivity index (χ1v) is 7.11. The second-order valence-electron chi connectivity index (χ2n) is 5.27. The van der Waals surface area contributed by atoms with Gasteiger partial charge in [-0.2, -0.15) is 0 Å². The molecule has 24 heavy (non-hydrogen) atoms. The summed E-state index contributed by atoms with van der Waals surface area (Å²) in [5.74, 6) is -2.72. The van der Waals surface area contributed by atoms with E-state index in [1.807, 2.05) is 0 Å². The lowest BCUT2D eigenvalue weighted by molar-refractivity contribution is 0.0684. The quantitative estimate of drug-likeness (QED) is 0.718. The van der Waals surface area contributed by atoms with E-state index in [0.717, 1.165) is 0 Å². The third kappa shape index (κ3) is 2.75. The molecule has 5 heteroatoms. The van der Waals surface area contributed by atoms with Gasteiger partial charge in [-0.15, -0.1) is 0 Å². The van der Waals surface area contributed by atoms with Gasteiger partial charge >= 0.3 is 11.9 Å². The number of hydrogen-bond donors (Lipinski definition) is 2. The summed E-state index contributed by atoms with van der Waals surface area (Å²) in [5, 5.41) is 19.6. The van der Waals surface area contributed by atoms with Gasteiger partial charge in [0.15, 0.2) is 5.78 Å². The molecule has 118 valence electrons. The molecule has 2 N–H and O–H groups in total. The number of carboxylic acids is 2. The number of ketones is 1. The molecule has 0 fully saturated rings. The minimum atomic E-state index is -1.21. The second-order valence-corrected chi connectivity index (χ2v) is 5.27. The highest BCUT2D eigenvalue weighted by atomic mass is 16.4. The van der Waals surface area contributed by atoms with Crippen LogP contribution in [0.15, 0.2) is 60.7 Å². The number of hydrogen-bond acceptors (Lipinski definition) is 3. The first-order valence-electron chi connectivity index (χ1n) is 7.11. The maximum absolute atomic E-state index is 12.7. The van der Waals surface area contributed by atoms with Crippen LogP contribution in [0.3, 0.4) is 0 Å². The highest BCUT2D eigenvalue weighted by Gasteiger charge is 2.19. The lowest BCUT2D eigenvalue weighted by Crippen LogP contribution is -2.10. The predicted molar refractivity (Wildman–Crippen MR) is 87.7 cm³/mol. The number of carbonyl (C=O) groups is 3. The molecule has 0 heterocycles. The van der Waals surface area contributed by atoms with Crippen molar-refractivity contribution in [2.45, 2.75) is 0 Å². The standard InChI is InChI=1S/C19H12O5/c20-17(11-4-2-1-3-5-11)15-10-14-8-13(18(21)22)7-6-12(14)9-16(15)19(23)24/h1-10H,(H,21,22)(H,23,24). The van der Waals surface area contributed by atoms with E-state index in [9.17, 15) is 19.5 Å². The molecular formula is C19H12O5. The van der Waals surface area contributed by atoms with Crippen molar-refractivity contribution < 1.29 is 24.6 Å². The molecule has 0 saturated carbocycles. The van der Waals surface area contributed by atoms with Gasteiger partial charge in [0.05, 0.1) is 11.1 Å². The molecule has 0 spiro atoms. The fourth-order valence-corrected chi connectivity index (χ4v) is 2.54. The maximum Gasteiger partial charge on any atom is 0.336 e. The lowest BCUT2D eigenvalue weighted by atomic mass is 9.94. The Morgan fingerprint density at radius 3 is 1.92 bits per heavy atom. The van der Waals surface area contributed by atoms with E-state index >= 15 is 0 Å². The highest BCUT2D eigenvalue weighted by Crippen LogP contribution is 2.24. The lowest BCUT2D eigenvalue weighted by Gasteiger charge is -2.09. The van der Waals surface area contributed by atoms with Crippen molar-refractivity contribution in [1.29, 1.82) is 0 Å². The van der Waals surface area contributed by atoms with Crippen LogP contribution in [0.2, 0.25) is 0 Å². The summed E-state index contributed by atoms with van der Waals surface area (Å²) in [7, 11) is 0. The van der Waals surface area contributed by atoms with Crippen molar-refractivity contribution in [1.82, 2.24) is 0 Å². The van der Waals surface area contributed by atoms with E-state index in [1.54, 1.807) is 30.3 Å². The van der Waals surface area contributed by atoms with Gasteiger partial charge < -0.3 is 10.2 Å². The average Bonchev–Trinajstić information content (AvgIpc) is 2.60. The largest absolute Gasteiger partial charge is 0.478 e. The molecule has 0 aliphatic heterocycles. The van der Waals surface area contributed by atoms with Crippen molar-refractivity contribution in [2.75, 3.05) is 0 Å². The van der Waals surface area contributed by atoms with Gasteiger partial charge in [0.25, 0.3) is 0 Å². The van der Waals surface area contributed by atoms with Gasteiger partial charge in [-0.25, -0.2) is 9.59 Å². The van der Waals surface area contributed by atoms with Crippen LogP contribution in [0.5, 0.6) is 0 Å². The SMILES string of the molecule is O=C(O)c1ccc2cc(C(=O)O)c(C(=O)c3ccccc3)cc2c1. The zero-order valence-electron chi connectivity index (χ0n) is 12.4. The molecule has 0 amide bonds. The zero-order valence-corrected chi connectivity index (χ0v) is 12.4. The summed E-state index contributed by atoms with van der Waals surface area (Å²) in [6.45, 7) is 0. The van der Waals surface area contributed by atoms with Crippen LogP contribution in [0.1, 0.15) is 36.6 Å². The predicted octanol–water partition coefficient (Wildman–Crippen LogP) is 3.47. The molecule has 0 bridgehead atoms. The van der Waals surface area contributed by atoms with Crippen molar-refractivity contribution in [3.05, 3.63) is 82.9 Å². The van der Waals surface area contributed by atoms with Crippen molar-refractivity contribution in [3.63, 3.8) is 0 Å². The molecule has 0 unspecified atom stereocenters. The molecule has 0 aliphatic rings. The van der Waals surface area contributed by atoms with Gasteiger partial charge in [-0.05, 0) is 35.0 Å². The van der Waals surface area contributed by atoms with E-state index in [-0.39, 0.29) is 16.7 Å². The van der Waals surface area contributed by atoms with Gasteiger partial charge in [-0.1, -0.05) is 36.4 Å². The monoisotopic (exact) mass is 320 g/mol. The van der Waals surface area contributed by atoms with E-state index in [2.05, 4.69) is 0 Å². The van der Waals surface area contributed by atoms with Crippen molar-refractivity contribution in [2.24, 2.45) is 0 Å². The molecule has 0 saturated heterocycles. The fraction of sp³-hybridized carbons (Fsp3) is 0. The van der Waals surface area contributed by atoms with Crippen LogP contribution in [-0.2, 0) is 0 Å². The van der Waals surface area contributed by atoms with E-state index < -0.39 is 17.7 Å². The molecular weight excluding hydrogens is 308 g/mol. The summed E-state index contributed by atoms with van der Waals surface area (Å²) < 4.78 is 0. The topological polar surface area (TPSA) is 91.7 Å². The van der Waals surface area contributed by atoms with Gasteiger partial charge in [0, 0.05) is 11.1 Å². The minimum absolute atomic E-state index is 0.0312. The van der Waals surface area contributed by atoms with Crippen LogP contribution in [-0.4, -0.2) is 27.9 Å². The molecule has 0 aliphatic carbocycles. The van der Waals surface area contributed by atoms with E-state index in [0.29, 0.717) is 16.3 Å². The summed E-state index contributed by atoms with van der Waals surface area (Å²) in [6.07, 6.45) is 0. The maximum atomic E-state index is 12.7. The number of benzene rings is 3. The molecule has 3 aromatic rings. The number of carbonyl (C=O) groups excluding carboxylic acids is 1. The van der Waals surface area contributed by atoms with Crippen molar-refractivity contribution in [3.8, 4) is 0 Å². The molecule has 0 atom stereocenters. The Morgan fingerprint density at radius 2 is 1.29 bits per heavy atom. The molecule has 5 nitrogen and oxygen atoms in total. The normalized spacial score (nSPS) is 10.5. The number of carboxylic acid groups (broad SMARTS) is 2. The summed E-state index contributed by atoms with van der Waals surface area (Å²) in [6, 6.07) is 15.5. The van der Waals surface area contributed by atoms with Crippen LogP contribution in [0.25, 0.3) is 10.8 Å². The smallest absolute Gasteiger partial charge is 0.336 e. The number of aromatic carboxylic acids is 2. The van der Waals surface area contributed by atoms with Gasteiger partial charge in [0.1, 0.15) is 0 Å².